The molecule has 0 aliphatic heterocycles. The fraction of sp³-hybridized carbons (Fsp3) is 0.312. The molecular formula is C16H16Br2OS. The summed E-state index contributed by atoms with van der Waals surface area (Å²) < 4.78 is 1.92. The van der Waals surface area contributed by atoms with Crippen LogP contribution in [-0.2, 0) is 0 Å². The lowest BCUT2D eigenvalue weighted by atomic mass is 9.82. The normalized spacial score (nSPS) is 14.0. The minimum Gasteiger partial charge on any atom is -0.293 e. The molecule has 2 unspecified atom stereocenters. The van der Waals surface area contributed by atoms with Crippen LogP contribution in [0.4, 0.5) is 0 Å². The Balaban J connectivity index is 2.39. The number of benzene rings is 1. The lowest BCUT2D eigenvalue weighted by Gasteiger charge is -2.21. The molecule has 0 aliphatic rings. The maximum atomic E-state index is 12.9. The van der Waals surface area contributed by atoms with Gasteiger partial charge in [-0.05, 0) is 49.4 Å². The van der Waals surface area contributed by atoms with Crippen molar-refractivity contribution in [3.8, 4) is 0 Å². The van der Waals surface area contributed by atoms with Gasteiger partial charge in [0.05, 0.1) is 14.6 Å². The van der Waals surface area contributed by atoms with Crippen LogP contribution in [0.25, 0.3) is 0 Å². The summed E-state index contributed by atoms with van der Waals surface area (Å²) in [5, 5.41) is 0. The van der Waals surface area contributed by atoms with E-state index in [0.29, 0.717) is 5.92 Å². The van der Waals surface area contributed by atoms with E-state index in [0.717, 1.165) is 25.1 Å². The Morgan fingerprint density at radius 1 is 1.25 bits per heavy atom. The van der Waals surface area contributed by atoms with Crippen molar-refractivity contribution in [2.75, 3.05) is 0 Å². The minimum absolute atomic E-state index is 0.0707. The maximum Gasteiger partial charge on any atom is 0.180 e. The first-order chi connectivity index (χ1) is 9.54. The number of Topliss-reactive ketones (excluding diaryl/α,β-unsaturated/α-hetero) is 1. The van der Waals surface area contributed by atoms with Gasteiger partial charge in [0.25, 0.3) is 0 Å². The summed E-state index contributed by atoms with van der Waals surface area (Å²) in [4.78, 5) is 13.7. The van der Waals surface area contributed by atoms with Crippen molar-refractivity contribution in [2.45, 2.75) is 26.2 Å². The van der Waals surface area contributed by atoms with E-state index in [1.54, 1.807) is 0 Å². The average Bonchev–Trinajstić information content (AvgIpc) is 2.80. The number of carbonyl (C=O) groups excluding carboxylic acids is 1. The van der Waals surface area contributed by atoms with Crippen molar-refractivity contribution in [1.82, 2.24) is 0 Å². The zero-order valence-electron chi connectivity index (χ0n) is 11.4. The Labute approximate surface area is 140 Å². The Bertz CT molecular complexity index is 572. The van der Waals surface area contributed by atoms with E-state index in [1.807, 2.05) is 36.4 Å². The molecule has 0 saturated carbocycles. The second kappa shape index (κ2) is 7.01. The van der Waals surface area contributed by atoms with Gasteiger partial charge in [-0.2, -0.15) is 0 Å². The highest BCUT2D eigenvalue weighted by Gasteiger charge is 2.28. The molecule has 1 aromatic heterocycles. The first-order valence-electron chi connectivity index (χ1n) is 6.58. The van der Waals surface area contributed by atoms with Crippen LogP contribution in [0.15, 0.2) is 44.7 Å². The fourth-order valence-electron chi connectivity index (χ4n) is 2.26. The van der Waals surface area contributed by atoms with E-state index in [-0.39, 0.29) is 11.7 Å². The zero-order valence-corrected chi connectivity index (χ0v) is 15.4. The highest BCUT2D eigenvalue weighted by atomic mass is 79.9. The van der Waals surface area contributed by atoms with Gasteiger partial charge in [-0.25, -0.2) is 0 Å². The molecule has 0 aliphatic carbocycles. The van der Waals surface area contributed by atoms with Gasteiger partial charge >= 0.3 is 0 Å². The predicted molar refractivity (Wildman–Crippen MR) is 92.7 cm³/mol. The summed E-state index contributed by atoms with van der Waals surface area (Å²) in [5.41, 5.74) is 1.10. The molecule has 4 heteroatoms. The highest BCUT2D eigenvalue weighted by Crippen LogP contribution is 2.37. The Hall–Kier alpha value is -0.450. The van der Waals surface area contributed by atoms with Crippen molar-refractivity contribution in [3.05, 3.63) is 55.1 Å². The largest absolute Gasteiger partial charge is 0.293 e. The summed E-state index contributed by atoms with van der Waals surface area (Å²) >= 11 is 8.41. The number of halogens is 2. The monoisotopic (exact) mass is 414 g/mol. The Kier molecular flexibility index (Phi) is 5.58. The molecule has 0 fully saturated rings. The van der Waals surface area contributed by atoms with Crippen molar-refractivity contribution in [3.63, 3.8) is 0 Å². The molecule has 0 radical (unpaired) electrons. The van der Waals surface area contributed by atoms with E-state index < -0.39 is 0 Å². The van der Waals surface area contributed by atoms with Crippen molar-refractivity contribution in [1.29, 1.82) is 0 Å². The average molecular weight is 416 g/mol. The van der Waals surface area contributed by atoms with E-state index in [4.69, 9.17) is 0 Å². The van der Waals surface area contributed by atoms with Crippen LogP contribution in [0.3, 0.4) is 0 Å². The molecule has 0 saturated heterocycles. The molecule has 0 spiro atoms. The summed E-state index contributed by atoms with van der Waals surface area (Å²) in [6.45, 7) is 4.28. The first-order valence-corrected chi connectivity index (χ1v) is 8.98. The molecule has 0 N–H and O–H groups in total. The topological polar surface area (TPSA) is 17.1 Å². The Morgan fingerprint density at radius 3 is 2.40 bits per heavy atom. The SMILES string of the molecule is CCC(C)C(C(=O)c1cc(Br)c(Br)s1)c1ccccc1. The van der Waals surface area contributed by atoms with E-state index in [1.165, 1.54) is 11.3 Å². The standard InChI is InChI=1S/C16H16Br2OS/c1-3-10(2)14(11-7-5-4-6-8-11)15(19)13-9-12(17)16(18)20-13/h4-10,14H,3H2,1-2H3. The summed E-state index contributed by atoms with van der Waals surface area (Å²) in [5.74, 6) is 0.463. The molecule has 1 aromatic carbocycles. The molecule has 2 atom stereocenters. The number of hydrogen-bond acceptors (Lipinski definition) is 2. The van der Waals surface area contributed by atoms with Gasteiger partial charge in [0.1, 0.15) is 0 Å². The van der Waals surface area contributed by atoms with Crippen LogP contribution in [0.2, 0.25) is 0 Å². The number of hydrogen-bond donors (Lipinski definition) is 0. The number of carbonyl (C=O) groups is 1. The predicted octanol–water partition coefficient (Wildman–Crippen LogP) is 6.29. The number of rotatable bonds is 5. The molecular weight excluding hydrogens is 400 g/mol. The fourth-order valence-corrected chi connectivity index (χ4v) is 4.27. The van der Waals surface area contributed by atoms with Crippen LogP contribution >= 0.6 is 43.2 Å². The van der Waals surface area contributed by atoms with E-state index in [2.05, 4.69) is 45.7 Å². The molecule has 1 nitrogen and oxygen atoms in total. The second-order valence-corrected chi connectivity index (χ2v) is 8.09. The molecule has 0 amide bonds. The van der Waals surface area contributed by atoms with Crippen LogP contribution in [0.5, 0.6) is 0 Å². The molecule has 1 heterocycles. The Morgan fingerprint density at radius 2 is 1.90 bits per heavy atom. The van der Waals surface area contributed by atoms with Crippen molar-refractivity contribution in [2.24, 2.45) is 5.92 Å². The first kappa shape index (κ1) is 15.9. The van der Waals surface area contributed by atoms with E-state index >= 15 is 0 Å². The van der Waals surface area contributed by atoms with Gasteiger partial charge in [0, 0.05) is 4.47 Å². The molecule has 106 valence electrons. The smallest absolute Gasteiger partial charge is 0.180 e. The highest BCUT2D eigenvalue weighted by molar-refractivity contribution is 9.13. The van der Waals surface area contributed by atoms with Gasteiger partial charge < -0.3 is 0 Å². The maximum absolute atomic E-state index is 12.9. The summed E-state index contributed by atoms with van der Waals surface area (Å²) in [7, 11) is 0. The molecule has 0 bridgehead atoms. The third-order valence-corrected chi connectivity index (χ3v) is 6.81. The van der Waals surface area contributed by atoms with Gasteiger partial charge in [-0.1, -0.05) is 50.6 Å². The summed E-state index contributed by atoms with van der Waals surface area (Å²) in [6, 6.07) is 12.0. The molecule has 20 heavy (non-hydrogen) atoms. The van der Waals surface area contributed by atoms with E-state index in [9.17, 15) is 4.79 Å². The van der Waals surface area contributed by atoms with Gasteiger partial charge in [-0.15, -0.1) is 11.3 Å². The van der Waals surface area contributed by atoms with Crippen molar-refractivity contribution >= 4 is 49.0 Å². The quantitative estimate of drug-likeness (QED) is 0.524. The second-order valence-electron chi connectivity index (χ2n) is 4.87. The number of ketones is 1. The molecule has 2 rings (SSSR count). The lowest BCUT2D eigenvalue weighted by molar-refractivity contribution is 0.0936. The van der Waals surface area contributed by atoms with Crippen LogP contribution in [0, 0.1) is 5.92 Å². The zero-order chi connectivity index (χ0) is 14.7. The third-order valence-electron chi connectivity index (χ3n) is 3.54. The van der Waals surface area contributed by atoms with Crippen LogP contribution in [-0.4, -0.2) is 5.78 Å². The van der Waals surface area contributed by atoms with Gasteiger partial charge in [-0.3, -0.25) is 4.79 Å². The third kappa shape index (κ3) is 3.41. The lowest BCUT2D eigenvalue weighted by Crippen LogP contribution is -2.19. The number of thiophene rings is 1. The van der Waals surface area contributed by atoms with Gasteiger partial charge in [0.2, 0.25) is 0 Å². The summed E-state index contributed by atoms with van der Waals surface area (Å²) in [6.07, 6.45) is 0.985. The van der Waals surface area contributed by atoms with Gasteiger partial charge in [0.15, 0.2) is 5.78 Å². The molecule has 2 aromatic rings. The minimum atomic E-state index is -0.0707. The van der Waals surface area contributed by atoms with Crippen LogP contribution < -0.4 is 0 Å². The van der Waals surface area contributed by atoms with Crippen LogP contribution in [0.1, 0.15) is 41.4 Å². The van der Waals surface area contributed by atoms with Crippen molar-refractivity contribution < 1.29 is 4.79 Å².